The average molecular weight is 153 g/mol. The lowest BCUT2D eigenvalue weighted by atomic mass is 10.3. The first-order valence-corrected chi connectivity index (χ1v) is 4.29. The summed E-state index contributed by atoms with van der Waals surface area (Å²) in [6.07, 6.45) is 3.83. The first-order chi connectivity index (χ1) is 4.86. The van der Waals surface area contributed by atoms with Gasteiger partial charge in [0.1, 0.15) is 0 Å². The van der Waals surface area contributed by atoms with E-state index < -0.39 is 0 Å². The van der Waals surface area contributed by atoms with Gasteiger partial charge in [0.15, 0.2) is 0 Å². The first-order valence-electron chi connectivity index (χ1n) is 3.41. The van der Waals surface area contributed by atoms with E-state index in [0.29, 0.717) is 0 Å². The topological polar surface area (TPSA) is 12.9 Å². The summed E-state index contributed by atoms with van der Waals surface area (Å²) >= 11 is 1.73. The molecule has 0 atom stereocenters. The van der Waals surface area contributed by atoms with Crippen LogP contribution in [0.3, 0.4) is 0 Å². The molecule has 0 spiro atoms. The monoisotopic (exact) mass is 153 g/mol. The Morgan fingerprint density at radius 3 is 3.10 bits per heavy atom. The molecule has 2 heteroatoms. The molecule has 1 rings (SSSR count). The molecule has 0 amide bonds. The average Bonchev–Trinajstić information content (AvgIpc) is 2.37. The Hall–Kier alpha value is -0.630. The molecule has 1 aromatic heterocycles. The maximum atomic E-state index is 4.37. The van der Waals surface area contributed by atoms with E-state index in [1.54, 1.807) is 11.3 Å². The minimum Gasteiger partial charge on any atom is -0.246 e. The highest BCUT2D eigenvalue weighted by atomic mass is 32.1. The van der Waals surface area contributed by atoms with Crippen molar-refractivity contribution in [3.8, 4) is 0 Å². The lowest BCUT2D eigenvalue weighted by molar-refractivity contribution is 1.04. The SMILES string of the molecule is C=CCc1csc(CC)n1. The minimum absolute atomic E-state index is 0.899. The molecule has 1 nitrogen and oxygen atoms in total. The van der Waals surface area contributed by atoms with E-state index in [2.05, 4.69) is 23.9 Å². The molecule has 0 fully saturated rings. The van der Waals surface area contributed by atoms with Crippen LogP contribution in [0.1, 0.15) is 17.6 Å². The summed E-state index contributed by atoms with van der Waals surface area (Å²) in [5.41, 5.74) is 1.15. The van der Waals surface area contributed by atoms with Crippen LogP contribution in [0.5, 0.6) is 0 Å². The highest BCUT2D eigenvalue weighted by Crippen LogP contribution is 2.10. The van der Waals surface area contributed by atoms with Crippen molar-refractivity contribution < 1.29 is 0 Å². The van der Waals surface area contributed by atoms with Crippen LogP contribution < -0.4 is 0 Å². The Morgan fingerprint density at radius 2 is 2.60 bits per heavy atom. The van der Waals surface area contributed by atoms with Crippen molar-refractivity contribution in [1.29, 1.82) is 0 Å². The second-order valence-electron chi connectivity index (χ2n) is 2.08. The largest absolute Gasteiger partial charge is 0.246 e. The van der Waals surface area contributed by atoms with E-state index in [-0.39, 0.29) is 0 Å². The van der Waals surface area contributed by atoms with Gasteiger partial charge in [-0.05, 0) is 6.42 Å². The van der Waals surface area contributed by atoms with Gasteiger partial charge in [-0.15, -0.1) is 17.9 Å². The van der Waals surface area contributed by atoms with E-state index in [9.17, 15) is 0 Å². The highest BCUT2D eigenvalue weighted by Gasteiger charge is 1.95. The number of aryl methyl sites for hydroxylation is 1. The normalized spacial score (nSPS) is 9.70. The maximum Gasteiger partial charge on any atom is 0.0925 e. The molecule has 1 aromatic rings. The molecule has 0 aliphatic rings. The minimum atomic E-state index is 0.899. The van der Waals surface area contributed by atoms with Crippen LogP contribution in [-0.4, -0.2) is 4.98 Å². The molecular weight excluding hydrogens is 142 g/mol. The van der Waals surface area contributed by atoms with Gasteiger partial charge in [-0.1, -0.05) is 13.0 Å². The molecule has 0 unspecified atom stereocenters. The van der Waals surface area contributed by atoms with Gasteiger partial charge in [-0.25, -0.2) is 4.98 Å². The van der Waals surface area contributed by atoms with E-state index >= 15 is 0 Å². The summed E-state index contributed by atoms with van der Waals surface area (Å²) in [5, 5.41) is 3.32. The van der Waals surface area contributed by atoms with Gasteiger partial charge < -0.3 is 0 Å². The fourth-order valence-corrected chi connectivity index (χ4v) is 1.51. The van der Waals surface area contributed by atoms with Crippen LogP contribution in [0.2, 0.25) is 0 Å². The summed E-state index contributed by atoms with van der Waals surface area (Å²) in [7, 11) is 0. The maximum absolute atomic E-state index is 4.37. The fourth-order valence-electron chi connectivity index (χ4n) is 0.753. The molecule has 0 N–H and O–H groups in total. The lowest BCUT2D eigenvalue weighted by Gasteiger charge is -1.84. The number of nitrogens with zero attached hydrogens (tertiary/aromatic N) is 1. The van der Waals surface area contributed by atoms with Crippen LogP contribution in [-0.2, 0) is 12.8 Å². The van der Waals surface area contributed by atoms with Gasteiger partial charge in [0.25, 0.3) is 0 Å². The summed E-state index contributed by atoms with van der Waals surface area (Å²) < 4.78 is 0. The zero-order valence-electron chi connectivity index (χ0n) is 6.13. The van der Waals surface area contributed by atoms with Crippen molar-refractivity contribution in [3.05, 3.63) is 28.7 Å². The Balaban J connectivity index is 2.67. The molecule has 0 aliphatic heterocycles. The Bertz CT molecular complexity index is 215. The van der Waals surface area contributed by atoms with Crippen molar-refractivity contribution in [1.82, 2.24) is 4.98 Å². The quantitative estimate of drug-likeness (QED) is 0.608. The van der Waals surface area contributed by atoms with E-state index in [0.717, 1.165) is 18.5 Å². The summed E-state index contributed by atoms with van der Waals surface area (Å²) in [5.74, 6) is 0. The van der Waals surface area contributed by atoms with Crippen molar-refractivity contribution in [2.75, 3.05) is 0 Å². The third-order valence-corrected chi connectivity index (χ3v) is 2.30. The van der Waals surface area contributed by atoms with Crippen LogP contribution in [0, 0.1) is 0 Å². The smallest absolute Gasteiger partial charge is 0.0925 e. The molecule has 0 aromatic carbocycles. The number of rotatable bonds is 3. The van der Waals surface area contributed by atoms with Crippen molar-refractivity contribution in [2.45, 2.75) is 19.8 Å². The van der Waals surface area contributed by atoms with E-state index in [1.165, 1.54) is 5.01 Å². The second-order valence-corrected chi connectivity index (χ2v) is 3.02. The third kappa shape index (κ3) is 1.67. The van der Waals surface area contributed by atoms with Gasteiger partial charge in [-0.3, -0.25) is 0 Å². The molecule has 54 valence electrons. The van der Waals surface area contributed by atoms with Crippen LogP contribution >= 0.6 is 11.3 Å². The van der Waals surface area contributed by atoms with Gasteiger partial charge in [0.05, 0.1) is 10.7 Å². The zero-order valence-corrected chi connectivity index (χ0v) is 6.95. The Kier molecular flexibility index (Phi) is 2.63. The summed E-state index contributed by atoms with van der Waals surface area (Å²) in [6, 6.07) is 0. The van der Waals surface area contributed by atoms with Crippen molar-refractivity contribution in [3.63, 3.8) is 0 Å². The van der Waals surface area contributed by atoms with Gasteiger partial charge in [-0.2, -0.15) is 0 Å². The van der Waals surface area contributed by atoms with Gasteiger partial charge in [0.2, 0.25) is 0 Å². The summed E-state index contributed by atoms with van der Waals surface area (Å²) in [6.45, 7) is 5.78. The Labute approximate surface area is 65.4 Å². The number of allylic oxidation sites excluding steroid dienone is 1. The van der Waals surface area contributed by atoms with E-state index in [4.69, 9.17) is 0 Å². The van der Waals surface area contributed by atoms with Crippen LogP contribution in [0.15, 0.2) is 18.0 Å². The van der Waals surface area contributed by atoms with Crippen molar-refractivity contribution >= 4 is 11.3 Å². The fraction of sp³-hybridized carbons (Fsp3) is 0.375. The second kappa shape index (κ2) is 3.52. The van der Waals surface area contributed by atoms with Gasteiger partial charge in [0, 0.05) is 11.8 Å². The van der Waals surface area contributed by atoms with Crippen LogP contribution in [0.4, 0.5) is 0 Å². The first kappa shape index (κ1) is 7.48. The molecule has 10 heavy (non-hydrogen) atoms. The van der Waals surface area contributed by atoms with Crippen LogP contribution in [0.25, 0.3) is 0 Å². The molecule has 0 saturated carbocycles. The predicted molar refractivity (Wildman–Crippen MR) is 45.4 cm³/mol. The standard InChI is InChI=1S/C8H11NS/c1-3-5-7-6-10-8(4-2)9-7/h3,6H,1,4-5H2,2H3. The molecule has 0 aliphatic carbocycles. The van der Waals surface area contributed by atoms with Gasteiger partial charge >= 0.3 is 0 Å². The number of hydrogen-bond acceptors (Lipinski definition) is 2. The molecule has 0 saturated heterocycles. The number of hydrogen-bond donors (Lipinski definition) is 0. The molecule has 1 heterocycles. The predicted octanol–water partition coefficient (Wildman–Crippen LogP) is 2.43. The third-order valence-electron chi connectivity index (χ3n) is 1.26. The number of aromatic nitrogens is 1. The molecular formula is C8H11NS. The molecule has 0 radical (unpaired) electrons. The Morgan fingerprint density at radius 1 is 1.80 bits per heavy atom. The lowest BCUT2D eigenvalue weighted by Crippen LogP contribution is -1.81. The van der Waals surface area contributed by atoms with E-state index in [1.807, 2.05) is 6.08 Å². The zero-order chi connectivity index (χ0) is 7.40. The molecule has 0 bridgehead atoms. The number of thiazole rings is 1. The summed E-state index contributed by atoms with van der Waals surface area (Å²) in [4.78, 5) is 4.37. The highest BCUT2D eigenvalue weighted by molar-refractivity contribution is 7.09. The van der Waals surface area contributed by atoms with Crippen molar-refractivity contribution in [2.24, 2.45) is 0 Å².